The molecule has 1 N–H and O–H groups in total. The van der Waals surface area contributed by atoms with Crippen LogP contribution in [0.2, 0.25) is 5.02 Å². The first-order valence-corrected chi connectivity index (χ1v) is 11.4. The summed E-state index contributed by atoms with van der Waals surface area (Å²) in [4.78, 5) is 17.3. The standard InChI is InChI=1S/C24H29ClN4O3/c1-3-28(4-2)15-7-5-6-14-26-22-17-19(27-23-16-18(25)8-12-21(22)23)9-10-20-11-13-24(32-20)29(30)31/h8-13,16-17H,3-7,14-15H2,1-2H3,(H,26,27). The predicted octanol–water partition coefficient (Wildman–Crippen LogP) is 6.48. The minimum Gasteiger partial charge on any atom is -0.401 e. The molecule has 0 unspecified atom stereocenters. The Morgan fingerprint density at radius 2 is 1.94 bits per heavy atom. The fraction of sp³-hybridized carbons (Fsp3) is 0.375. The smallest absolute Gasteiger partial charge is 0.401 e. The molecule has 0 saturated carbocycles. The minimum atomic E-state index is -0.558. The Balaban J connectivity index is 1.69. The number of rotatable bonds is 12. The van der Waals surface area contributed by atoms with E-state index in [2.05, 4.69) is 29.0 Å². The maximum absolute atomic E-state index is 10.8. The zero-order valence-electron chi connectivity index (χ0n) is 18.5. The molecule has 0 radical (unpaired) electrons. The number of benzene rings is 1. The molecule has 0 aliphatic carbocycles. The number of anilines is 1. The second-order valence-electron chi connectivity index (χ2n) is 7.54. The van der Waals surface area contributed by atoms with Crippen molar-refractivity contribution in [2.24, 2.45) is 0 Å². The molecule has 0 saturated heterocycles. The first-order chi connectivity index (χ1) is 15.5. The molecule has 1 aromatic carbocycles. The number of unbranched alkanes of at least 4 members (excludes halogenated alkanes) is 2. The highest BCUT2D eigenvalue weighted by atomic mass is 35.5. The van der Waals surface area contributed by atoms with E-state index >= 15 is 0 Å². The van der Waals surface area contributed by atoms with Gasteiger partial charge in [0.1, 0.15) is 10.7 Å². The third-order valence-corrected chi connectivity index (χ3v) is 5.60. The SMILES string of the molecule is CCN(CC)CCCCCNc1cc(C=Cc2ccc([N+](=O)[O-])o2)nc2cc(Cl)ccc12. The van der Waals surface area contributed by atoms with Gasteiger partial charge in [-0.3, -0.25) is 10.1 Å². The molecule has 0 aliphatic heterocycles. The van der Waals surface area contributed by atoms with Crippen molar-refractivity contribution in [1.82, 2.24) is 9.88 Å². The van der Waals surface area contributed by atoms with Gasteiger partial charge >= 0.3 is 5.88 Å². The molecule has 3 rings (SSSR count). The van der Waals surface area contributed by atoms with Crippen molar-refractivity contribution in [3.05, 3.63) is 63.0 Å². The molecule has 8 heteroatoms. The van der Waals surface area contributed by atoms with Crippen molar-refractivity contribution < 1.29 is 9.34 Å². The lowest BCUT2D eigenvalue weighted by Gasteiger charge is -2.17. The lowest BCUT2D eigenvalue weighted by atomic mass is 10.1. The van der Waals surface area contributed by atoms with Crippen LogP contribution in [0.1, 0.15) is 44.6 Å². The largest absolute Gasteiger partial charge is 0.433 e. The number of aromatic nitrogens is 1. The quantitative estimate of drug-likeness (QED) is 0.190. The normalized spacial score (nSPS) is 11.6. The van der Waals surface area contributed by atoms with Crippen molar-refractivity contribution in [2.75, 3.05) is 31.5 Å². The lowest BCUT2D eigenvalue weighted by molar-refractivity contribution is -0.402. The van der Waals surface area contributed by atoms with E-state index in [1.54, 1.807) is 18.2 Å². The molecule has 170 valence electrons. The number of nitro groups is 1. The zero-order valence-corrected chi connectivity index (χ0v) is 19.3. The summed E-state index contributed by atoms with van der Waals surface area (Å²) in [5.41, 5.74) is 2.48. The Morgan fingerprint density at radius 3 is 2.66 bits per heavy atom. The molecule has 0 bridgehead atoms. The third kappa shape index (κ3) is 6.55. The van der Waals surface area contributed by atoms with Gasteiger partial charge in [0.2, 0.25) is 0 Å². The van der Waals surface area contributed by atoms with Crippen molar-refractivity contribution in [2.45, 2.75) is 33.1 Å². The van der Waals surface area contributed by atoms with Crippen LogP contribution in [0.4, 0.5) is 11.6 Å². The predicted molar refractivity (Wildman–Crippen MR) is 131 cm³/mol. The van der Waals surface area contributed by atoms with Crippen LogP contribution in [-0.2, 0) is 0 Å². The lowest BCUT2D eigenvalue weighted by Crippen LogP contribution is -2.23. The molecule has 7 nitrogen and oxygen atoms in total. The van der Waals surface area contributed by atoms with Gasteiger partial charge in [0.05, 0.1) is 17.3 Å². The van der Waals surface area contributed by atoms with Gasteiger partial charge in [-0.15, -0.1) is 0 Å². The summed E-state index contributed by atoms with van der Waals surface area (Å²) in [6.45, 7) is 8.61. The molecular formula is C24H29ClN4O3. The Labute approximate surface area is 193 Å². The number of pyridine rings is 1. The molecule has 2 heterocycles. The molecule has 0 atom stereocenters. The summed E-state index contributed by atoms with van der Waals surface area (Å²) in [6, 6.07) is 10.5. The maximum atomic E-state index is 10.8. The van der Waals surface area contributed by atoms with Crippen LogP contribution in [0.3, 0.4) is 0 Å². The van der Waals surface area contributed by atoms with Gasteiger partial charge in [-0.05, 0) is 75.0 Å². The number of hydrogen-bond donors (Lipinski definition) is 1. The number of nitrogens with zero attached hydrogens (tertiary/aromatic N) is 3. The van der Waals surface area contributed by atoms with Crippen LogP contribution in [0.15, 0.2) is 40.8 Å². The second kappa shape index (κ2) is 11.6. The van der Waals surface area contributed by atoms with Crippen LogP contribution < -0.4 is 5.32 Å². The highest BCUT2D eigenvalue weighted by Crippen LogP contribution is 2.27. The van der Waals surface area contributed by atoms with Gasteiger partial charge in [-0.1, -0.05) is 31.9 Å². The highest BCUT2D eigenvalue weighted by Gasteiger charge is 2.10. The molecule has 2 aromatic heterocycles. The van der Waals surface area contributed by atoms with Gasteiger partial charge in [-0.25, -0.2) is 4.98 Å². The topological polar surface area (TPSA) is 84.4 Å². The van der Waals surface area contributed by atoms with E-state index in [1.165, 1.54) is 18.9 Å². The summed E-state index contributed by atoms with van der Waals surface area (Å²) in [7, 11) is 0. The minimum absolute atomic E-state index is 0.286. The molecular weight excluding hydrogens is 428 g/mol. The zero-order chi connectivity index (χ0) is 22.9. The van der Waals surface area contributed by atoms with Gasteiger partial charge in [0.25, 0.3) is 0 Å². The van der Waals surface area contributed by atoms with Gasteiger partial charge in [0, 0.05) is 22.6 Å². The fourth-order valence-electron chi connectivity index (χ4n) is 3.55. The van der Waals surface area contributed by atoms with Crippen molar-refractivity contribution >= 4 is 46.2 Å². The summed E-state index contributed by atoms with van der Waals surface area (Å²) in [6.07, 6.45) is 6.89. The van der Waals surface area contributed by atoms with E-state index in [4.69, 9.17) is 16.0 Å². The highest BCUT2D eigenvalue weighted by molar-refractivity contribution is 6.31. The Morgan fingerprint density at radius 1 is 1.12 bits per heavy atom. The van der Waals surface area contributed by atoms with Crippen molar-refractivity contribution in [3.8, 4) is 0 Å². The number of hydrogen-bond acceptors (Lipinski definition) is 6. The number of nitrogens with one attached hydrogen (secondary N) is 1. The van der Waals surface area contributed by atoms with E-state index in [9.17, 15) is 10.1 Å². The molecule has 32 heavy (non-hydrogen) atoms. The number of furan rings is 1. The monoisotopic (exact) mass is 456 g/mol. The Hall–Kier alpha value is -2.90. The average Bonchev–Trinajstić information content (AvgIpc) is 3.26. The molecule has 3 aromatic rings. The Kier molecular flexibility index (Phi) is 8.64. The van der Waals surface area contributed by atoms with Gasteiger partial charge < -0.3 is 14.6 Å². The van der Waals surface area contributed by atoms with Crippen LogP contribution >= 0.6 is 11.6 Å². The molecule has 0 amide bonds. The maximum Gasteiger partial charge on any atom is 0.433 e. The van der Waals surface area contributed by atoms with Gasteiger partial charge in [-0.2, -0.15) is 0 Å². The first-order valence-electron chi connectivity index (χ1n) is 11.0. The number of halogens is 1. The van der Waals surface area contributed by atoms with Crippen LogP contribution in [0.25, 0.3) is 23.1 Å². The average molecular weight is 457 g/mol. The molecule has 0 spiro atoms. The van der Waals surface area contributed by atoms with E-state index in [0.717, 1.165) is 49.2 Å². The fourth-order valence-corrected chi connectivity index (χ4v) is 3.72. The number of fused-ring (bicyclic) bond motifs is 1. The van der Waals surface area contributed by atoms with E-state index < -0.39 is 4.92 Å². The molecule has 0 aliphatic rings. The van der Waals surface area contributed by atoms with E-state index in [0.29, 0.717) is 16.5 Å². The third-order valence-electron chi connectivity index (χ3n) is 5.36. The summed E-state index contributed by atoms with van der Waals surface area (Å²) >= 11 is 6.18. The van der Waals surface area contributed by atoms with Gasteiger partial charge in [0.15, 0.2) is 0 Å². The van der Waals surface area contributed by atoms with Crippen LogP contribution in [0.5, 0.6) is 0 Å². The van der Waals surface area contributed by atoms with Crippen molar-refractivity contribution in [1.29, 1.82) is 0 Å². The molecule has 0 fully saturated rings. The van der Waals surface area contributed by atoms with Crippen molar-refractivity contribution in [3.63, 3.8) is 0 Å². The van der Waals surface area contributed by atoms with E-state index in [1.807, 2.05) is 24.3 Å². The van der Waals surface area contributed by atoms with Crippen LogP contribution in [-0.4, -0.2) is 41.0 Å². The summed E-state index contributed by atoms with van der Waals surface area (Å²) < 4.78 is 5.19. The first kappa shape index (κ1) is 23.8. The Bertz CT molecular complexity index is 1080. The second-order valence-corrected chi connectivity index (χ2v) is 7.97. The van der Waals surface area contributed by atoms with Crippen LogP contribution in [0, 0.1) is 10.1 Å². The summed E-state index contributed by atoms with van der Waals surface area (Å²) in [5, 5.41) is 16.0. The van der Waals surface area contributed by atoms with E-state index in [-0.39, 0.29) is 5.88 Å². The summed E-state index contributed by atoms with van der Waals surface area (Å²) in [5.74, 6) is 0.110.